The predicted octanol–water partition coefficient (Wildman–Crippen LogP) is 5.73. The van der Waals surface area contributed by atoms with Crippen molar-refractivity contribution in [3.05, 3.63) is 88.6 Å². The first-order chi connectivity index (χ1) is 12.6. The molecule has 0 spiro atoms. The van der Waals surface area contributed by atoms with Gasteiger partial charge in [-0.05, 0) is 44.4 Å². The van der Waals surface area contributed by atoms with Crippen LogP contribution in [0.25, 0.3) is 0 Å². The molecule has 0 amide bonds. The first-order valence-corrected chi connectivity index (χ1v) is 9.75. The maximum absolute atomic E-state index is 5.10. The molecule has 132 valence electrons. The molecule has 1 aliphatic heterocycles. The fourth-order valence-electron chi connectivity index (χ4n) is 3.36. The van der Waals surface area contributed by atoms with Gasteiger partial charge in [-0.15, -0.1) is 11.3 Å². The zero-order chi connectivity index (χ0) is 18.1. The lowest BCUT2D eigenvalue weighted by atomic mass is 10.0. The smallest absolute Gasteiger partial charge is 0.160 e. The van der Waals surface area contributed by atoms with Crippen LogP contribution in [-0.4, -0.2) is 16.3 Å². The van der Waals surface area contributed by atoms with E-state index in [1.807, 2.05) is 12.1 Å². The molecule has 3 aromatic rings. The maximum Gasteiger partial charge on any atom is 0.160 e. The van der Waals surface area contributed by atoms with Crippen molar-refractivity contribution in [2.24, 2.45) is 5.10 Å². The Morgan fingerprint density at radius 2 is 1.50 bits per heavy atom. The Morgan fingerprint density at radius 1 is 0.846 bits per heavy atom. The lowest BCUT2D eigenvalue weighted by Gasteiger charge is -2.40. The van der Waals surface area contributed by atoms with E-state index in [1.54, 1.807) is 11.3 Å². The van der Waals surface area contributed by atoms with Gasteiger partial charge in [-0.2, -0.15) is 5.10 Å². The van der Waals surface area contributed by atoms with Crippen LogP contribution in [-0.2, 0) is 0 Å². The minimum Gasteiger partial charge on any atom is -0.323 e. The van der Waals surface area contributed by atoms with E-state index in [0.29, 0.717) is 0 Å². The zero-order valence-electron chi connectivity index (χ0n) is 15.3. The Bertz CT molecular complexity index is 880. The fraction of sp³-hybridized carbons (Fsp3) is 0.227. The molecule has 0 saturated carbocycles. The highest BCUT2D eigenvalue weighted by Gasteiger charge is 2.42. The highest BCUT2D eigenvalue weighted by molar-refractivity contribution is 7.10. The number of para-hydroxylation sites is 1. The van der Waals surface area contributed by atoms with Gasteiger partial charge in [0.1, 0.15) is 0 Å². The normalized spacial score (nSPS) is 17.5. The minimum absolute atomic E-state index is 0.0487. The summed E-state index contributed by atoms with van der Waals surface area (Å²) in [6, 6.07) is 25.2. The summed E-state index contributed by atoms with van der Waals surface area (Å²) in [7, 11) is 0. The number of thiophene rings is 1. The summed E-state index contributed by atoms with van der Waals surface area (Å²) in [5.41, 5.74) is 2.17. The second-order valence-corrected chi connectivity index (χ2v) is 8.38. The number of anilines is 1. The van der Waals surface area contributed by atoms with Gasteiger partial charge in [-0.25, -0.2) is 5.01 Å². The van der Waals surface area contributed by atoms with Gasteiger partial charge in [-0.3, -0.25) is 0 Å². The van der Waals surface area contributed by atoms with Gasteiger partial charge in [0, 0.05) is 16.0 Å². The first-order valence-electron chi connectivity index (χ1n) is 8.87. The molecule has 1 aromatic heterocycles. The topological polar surface area (TPSA) is 18.8 Å². The van der Waals surface area contributed by atoms with E-state index in [9.17, 15) is 0 Å². The molecule has 1 atom stereocenters. The summed E-state index contributed by atoms with van der Waals surface area (Å²) >= 11 is 1.78. The van der Waals surface area contributed by atoms with Gasteiger partial charge < -0.3 is 4.90 Å². The number of hydrogen-bond acceptors (Lipinski definition) is 4. The van der Waals surface area contributed by atoms with Crippen LogP contribution in [0.2, 0.25) is 0 Å². The Morgan fingerprint density at radius 3 is 2.08 bits per heavy atom. The van der Waals surface area contributed by atoms with Crippen molar-refractivity contribution < 1.29 is 0 Å². The van der Waals surface area contributed by atoms with E-state index in [-0.39, 0.29) is 11.7 Å². The summed E-state index contributed by atoms with van der Waals surface area (Å²) < 4.78 is 0. The van der Waals surface area contributed by atoms with Crippen LogP contribution in [0.4, 0.5) is 5.69 Å². The molecule has 4 rings (SSSR count). The molecular weight excluding hydrogens is 338 g/mol. The van der Waals surface area contributed by atoms with Gasteiger partial charge in [-0.1, -0.05) is 54.6 Å². The van der Waals surface area contributed by atoms with Gasteiger partial charge in [0.05, 0.1) is 5.69 Å². The number of hydrazone groups is 1. The molecule has 0 saturated heterocycles. The summed E-state index contributed by atoms with van der Waals surface area (Å²) in [4.78, 5) is 3.72. The quantitative estimate of drug-likeness (QED) is 0.593. The molecule has 0 bridgehead atoms. The molecule has 0 fully saturated rings. The highest BCUT2D eigenvalue weighted by atomic mass is 32.1. The number of benzene rings is 2. The second kappa shape index (κ2) is 6.61. The Hall–Kier alpha value is -2.59. The van der Waals surface area contributed by atoms with Crippen molar-refractivity contribution in [1.82, 2.24) is 4.90 Å². The van der Waals surface area contributed by atoms with Crippen LogP contribution in [0.5, 0.6) is 0 Å². The Balaban J connectivity index is 1.89. The zero-order valence-corrected chi connectivity index (χ0v) is 16.1. The molecule has 2 heterocycles. The van der Waals surface area contributed by atoms with Crippen molar-refractivity contribution in [2.45, 2.75) is 32.5 Å². The summed E-state index contributed by atoms with van der Waals surface area (Å²) in [5, 5.41) is 9.39. The fourth-order valence-corrected chi connectivity index (χ4v) is 4.16. The third kappa shape index (κ3) is 3.01. The van der Waals surface area contributed by atoms with E-state index in [2.05, 4.69) is 96.7 Å². The molecule has 1 aliphatic rings. The summed E-state index contributed by atoms with van der Waals surface area (Å²) in [5.74, 6) is 1.01. The number of rotatable bonds is 3. The molecule has 4 heteroatoms. The van der Waals surface area contributed by atoms with Crippen molar-refractivity contribution in [1.29, 1.82) is 0 Å². The molecule has 0 N–H and O–H groups in total. The number of amidine groups is 1. The molecule has 3 nitrogen and oxygen atoms in total. The van der Waals surface area contributed by atoms with Crippen molar-refractivity contribution in [3.63, 3.8) is 0 Å². The Labute approximate surface area is 159 Å². The first kappa shape index (κ1) is 16.9. The van der Waals surface area contributed by atoms with Crippen LogP contribution in [0, 0.1) is 0 Å². The lowest BCUT2D eigenvalue weighted by molar-refractivity contribution is 0.192. The second-order valence-electron chi connectivity index (χ2n) is 7.40. The van der Waals surface area contributed by atoms with Crippen LogP contribution in [0.15, 0.2) is 83.3 Å². The maximum atomic E-state index is 5.10. The van der Waals surface area contributed by atoms with E-state index in [0.717, 1.165) is 17.1 Å². The van der Waals surface area contributed by atoms with Gasteiger partial charge in [0.2, 0.25) is 0 Å². The largest absolute Gasteiger partial charge is 0.323 e. The predicted molar refractivity (Wildman–Crippen MR) is 111 cm³/mol. The molecule has 0 aliphatic carbocycles. The number of nitrogens with zero attached hydrogens (tertiary/aromatic N) is 3. The minimum atomic E-state index is -0.0765. The third-order valence-electron chi connectivity index (χ3n) is 4.48. The lowest BCUT2D eigenvalue weighted by Crippen LogP contribution is -2.47. The highest BCUT2D eigenvalue weighted by Crippen LogP contribution is 2.42. The van der Waals surface area contributed by atoms with Crippen LogP contribution in [0.3, 0.4) is 0 Å². The van der Waals surface area contributed by atoms with Crippen molar-refractivity contribution >= 4 is 22.9 Å². The van der Waals surface area contributed by atoms with Crippen LogP contribution >= 0.6 is 11.3 Å². The van der Waals surface area contributed by atoms with Crippen LogP contribution < -0.4 is 5.01 Å². The monoisotopic (exact) mass is 361 g/mol. The molecule has 26 heavy (non-hydrogen) atoms. The van der Waals surface area contributed by atoms with Gasteiger partial charge in [0.15, 0.2) is 12.0 Å². The van der Waals surface area contributed by atoms with Crippen molar-refractivity contribution in [2.75, 3.05) is 5.01 Å². The van der Waals surface area contributed by atoms with Crippen LogP contribution in [0.1, 0.15) is 37.4 Å². The summed E-state index contributed by atoms with van der Waals surface area (Å²) in [6.07, 6.45) is 0.0487. The van der Waals surface area contributed by atoms with Gasteiger partial charge >= 0.3 is 0 Å². The average Bonchev–Trinajstić information content (AvgIpc) is 3.30. The van der Waals surface area contributed by atoms with E-state index < -0.39 is 0 Å². The summed E-state index contributed by atoms with van der Waals surface area (Å²) in [6.45, 7) is 6.75. The van der Waals surface area contributed by atoms with Gasteiger partial charge in [0.25, 0.3) is 0 Å². The van der Waals surface area contributed by atoms with Crippen molar-refractivity contribution in [3.8, 4) is 0 Å². The van der Waals surface area contributed by atoms with E-state index in [4.69, 9.17) is 5.10 Å². The van der Waals surface area contributed by atoms with E-state index in [1.165, 1.54) is 4.88 Å². The molecule has 2 aromatic carbocycles. The average molecular weight is 362 g/mol. The molecular formula is C22H23N3S. The molecule has 0 radical (unpaired) electrons. The standard InChI is InChI=1S/C22H23N3S/c1-22(2,3)24-20(17-11-6-4-7-12-17)23-25(18-13-8-5-9-14-18)21(24)19-15-10-16-26-19/h4-16,21H,1-3H3. The SMILES string of the molecule is CC(C)(C)N1C(c2ccccc2)=NN(c2ccccc2)C1c1cccs1. The number of hydrogen-bond donors (Lipinski definition) is 0. The Kier molecular flexibility index (Phi) is 4.29. The van der Waals surface area contributed by atoms with E-state index >= 15 is 0 Å². The molecule has 1 unspecified atom stereocenters. The third-order valence-corrected chi connectivity index (χ3v) is 5.39.